The maximum absolute atomic E-state index is 13.5. The van der Waals surface area contributed by atoms with Crippen LogP contribution in [0.1, 0.15) is 12.8 Å². The van der Waals surface area contributed by atoms with Crippen molar-refractivity contribution in [2.75, 3.05) is 19.0 Å². The summed E-state index contributed by atoms with van der Waals surface area (Å²) in [7, 11) is 1.17. The van der Waals surface area contributed by atoms with Crippen molar-refractivity contribution < 1.29 is 23.0 Å². The number of carbonyl (C=O) groups is 1. The number of benzene rings is 1. The molecule has 0 spiro atoms. The maximum atomic E-state index is 13.5. The van der Waals surface area contributed by atoms with Gasteiger partial charge in [0.25, 0.3) is 5.91 Å². The Kier molecular flexibility index (Phi) is 4.51. The monoisotopic (exact) mass is 286 g/mol. The second-order valence-electron chi connectivity index (χ2n) is 4.52. The zero-order valence-electron chi connectivity index (χ0n) is 11.0. The molecule has 0 unspecified atom stereocenters. The minimum Gasteiger partial charge on any atom is -0.491 e. The fourth-order valence-electron chi connectivity index (χ4n) is 2.12. The molecule has 1 aliphatic rings. The summed E-state index contributed by atoms with van der Waals surface area (Å²) < 4.78 is 36.9. The number of halogens is 2. The number of methoxy groups -OCH3 is 1. The summed E-state index contributed by atoms with van der Waals surface area (Å²) in [6, 6.07) is 1.99. The quantitative estimate of drug-likeness (QED) is 0.878. The third-order valence-electron chi connectivity index (χ3n) is 3.13. The van der Waals surface area contributed by atoms with Crippen molar-refractivity contribution in [3.63, 3.8) is 0 Å². The molecule has 1 amide bonds. The molecule has 2 rings (SSSR count). The third-order valence-corrected chi connectivity index (χ3v) is 3.13. The molecule has 0 bridgehead atoms. The largest absolute Gasteiger partial charge is 0.491 e. The minimum absolute atomic E-state index is 0.0191. The lowest BCUT2D eigenvalue weighted by Crippen LogP contribution is -2.29. The van der Waals surface area contributed by atoms with Crippen LogP contribution in [0.15, 0.2) is 12.1 Å². The van der Waals surface area contributed by atoms with Crippen molar-refractivity contribution in [2.24, 2.45) is 5.73 Å². The summed E-state index contributed by atoms with van der Waals surface area (Å²) >= 11 is 0. The smallest absolute Gasteiger partial charge is 0.253 e. The Balaban J connectivity index is 2.05. The number of ether oxygens (including phenoxy) is 2. The molecule has 1 fully saturated rings. The summed E-state index contributed by atoms with van der Waals surface area (Å²) in [5.41, 5.74) is 5.47. The molecule has 110 valence electrons. The molecular formula is C13H16F2N2O3. The van der Waals surface area contributed by atoms with Gasteiger partial charge in [0.2, 0.25) is 0 Å². The molecule has 2 atom stereocenters. The maximum Gasteiger partial charge on any atom is 0.253 e. The Hall–Kier alpha value is -1.73. The molecular weight excluding hydrogens is 270 g/mol. The van der Waals surface area contributed by atoms with Gasteiger partial charge in [-0.1, -0.05) is 0 Å². The van der Waals surface area contributed by atoms with Crippen molar-refractivity contribution in [1.82, 2.24) is 0 Å². The molecule has 20 heavy (non-hydrogen) atoms. The molecule has 0 aromatic heterocycles. The van der Waals surface area contributed by atoms with Gasteiger partial charge in [-0.3, -0.25) is 4.79 Å². The highest BCUT2D eigenvalue weighted by Gasteiger charge is 2.30. The van der Waals surface area contributed by atoms with Crippen molar-refractivity contribution in [3.05, 3.63) is 23.8 Å². The third kappa shape index (κ3) is 3.05. The number of amides is 1. The number of nitrogens with two attached hydrogens (primary N) is 1. The van der Waals surface area contributed by atoms with E-state index in [1.165, 1.54) is 7.11 Å². The number of carbonyl (C=O) groups excluding carboxylic acids is 1. The average molecular weight is 286 g/mol. The molecule has 0 saturated carbocycles. The van der Waals surface area contributed by atoms with Crippen LogP contribution in [-0.2, 0) is 9.53 Å². The molecule has 1 saturated heterocycles. The van der Waals surface area contributed by atoms with Crippen LogP contribution in [-0.4, -0.2) is 31.8 Å². The van der Waals surface area contributed by atoms with Crippen LogP contribution >= 0.6 is 0 Å². The molecule has 3 N–H and O–H groups in total. The molecule has 0 radical (unpaired) electrons. The van der Waals surface area contributed by atoms with Gasteiger partial charge >= 0.3 is 0 Å². The second-order valence-corrected chi connectivity index (χ2v) is 4.52. The first-order valence-electron chi connectivity index (χ1n) is 6.24. The van der Waals surface area contributed by atoms with Gasteiger partial charge in [-0.15, -0.1) is 0 Å². The summed E-state index contributed by atoms with van der Waals surface area (Å²) in [6.07, 6.45) is 0.446. The molecule has 1 heterocycles. The molecule has 7 heteroatoms. The van der Waals surface area contributed by atoms with Crippen LogP contribution < -0.4 is 15.8 Å². The molecule has 1 aromatic rings. The summed E-state index contributed by atoms with van der Waals surface area (Å²) in [5, 5.41) is 2.42. The number of nitrogens with one attached hydrogen (secondary N) is 1. The SMILES string of the molecule is COc1c(F)cc(NC(=O)[C@@H]2CC[C@H](CN)O2)cc1F. The Morgan fingerprint density at radius 1 is 1.45 bits per heavy atom. The number of anilines is 1. The van der Waals surface area contributed by atoms with Gasteiger partial charge in [0.15, 0.2) is 17.4 Å². The van der Waals surface area contributed by atoms with Crippen LogP contribution in [0, 0.1) is 11.6 Å². The summed E-state index contributed by atoms with van der Waals surface area (Å²) in [6.45, 7) is 0.343. The van der Waals surface area contributed by atoms with E-state index in [-0.39, 0.29) is 11.8 Å². The molecule has 5 nitrogen and oxygen atoms in total. The minimum atomic E-state index is -0.880. The van der Waals surface area contributed by atoms with Crippen LogP contribution in [0.4, 0.5) is 14.5 Å². The molecule has 1 aromatic carbocycles. The second kappa shape index (κ2) is 6.15. The Morgan fingerprint density at radius 3 is 2.60 bits per heavy atom. The zero-order valence-corrected chi connectivity index (χ0v) is 11.0. The predicted molar refractivity (Wildman–Crippen MR) is 68.5 cm³/mol. The highest BCUT2D eigenvalue weighted by atomic mass is 19.1. The fourth-order valence-corrected chi connectivity index (χ4v) is 2.12. The first kappa shape index (κ1) is 14.7. The van der Waals surface area contributed by atoms with E-state index in [1.807, 2.05) is 0 Å². The summed E-state index contributed by atoms with van der Waals surface area (Å²) in [5.74, 6) is -2.68. The van der Waals surface area contributed by atoms with Gasteiger partial charge < -0.3 is 20.5 Å². The lowest BCUT2D eigenvalue weighted by atomic mass is 10.2. The van der Waals surface area contributed by atoms with Crippen LogP contribution in [0.2, 0.25) is 0 Å². The standard InChI is InChI=1S/C13H16F2N2O3/c1-19-12-9(14)4-7(5-10(12)15)17-13(18)11-3-2-8(6-16)20-11/h4-5,8,11H,2-3,6,16H2,1H3,(H,17,18)/t8-,11+/m1/s1. The van der Waals surface area contributed by atoms with E-state index in [0.29, 0.717) is 19.4 Å². The number of hydrogen-bond acceptors (Lipinski definition) is 4. The van der Waals surface area contributed by atoms with Gasteiger partial charge in [-0.05, 0) is 12.8 Å². The van der Waals surface area contributed by atoms with E-state index < -0.39 is 29.4 Å². The first-order valence-corrected chi connectivity index (χ1v) is 6.24. The normalized spacial score (nSPS) is 21.8. The summed E-state index contributed by atoms with van der Waals surface area (Å²) in [4.78, 5) is 11.9. The molecule has 0 aliphatic carbocycles. The van der Waals surface area contributed by atoms with Crippen LogP contribution in [0.25, 0.3) is 0 Å². The van der Waals surface area contributed by atoms with Crippen molar-refractivity contribution in [1.29, 1.82) is 0 Å². The van der Waals surface area contributed by atoms with Gasteiger partial charge in [-0.25, -0.2) is 8.78 Å². The topological polar surface area (TPSA) is 73.6 Å². The Labute approximate surface area is 115 Å². The van der Waals surface area contributed by atoms with E-state index >= 15 is 0 Å². The molecule has 1 aliphatic heterocycles. The van der Waals surface area contributed by atoms with E-state index in [2.05, 4.69) is 10.1 Å². The first-order chi connectivity index (χ1) is 9.55. The fraction of sp³-hybridized carbons (Fsp3) is 0.462. The zero-order chi connectivity index (χ0) is 14.7. The predicted octanol–water partition coefficient (Wildman–Crippen LogP) is 1.42. The van der Waals surface area contributed by atoms with Crippen molar-refractivity contribution in [3.8, 4) is 5.75 Å². The van der Waals surface area contributed by atoms with E-state index in [9.17, 15) is 13.6 Å². The average Bonchev–Trinajstić information content (AvgIpc) is 2.87. The van der Waals surface area contributed by atoms with Gasteiger partial charge in [0, 0.05) is 24.4 Å². The van der Waals surface area contributed by atoms with Crippen LogP contribution in [0.3, 0.4) is 0 Å². The number of rotatable bonds is 4. The lowest BCUT2D eigenvalue weighted by molar-refractivity contribution is -0.126. The Morgan fingerprint density at radius 2 is 2.10 bits per heavy atom. The number of hydrogen-bond donors (Lipinski definition) is 2. The Bertz CT molecular complexity index is 487. The lowest BCUT2D eigenvalue weighted by Gasteiger charge is -2.13. The van der Waals surface area contributed by atoms with E-state index in [4.69, 9.17) is 10.5 Å². The van der Waals surface area contributed by atoms with Gasteiger partial charge in [-0.2, -0.15) is 0 Å². The highest BCUT2D eigenvalue weighted by Crippen LogP contribution is 2.26. The highest BCUT2D eigenvalue weighted by molar-refractivity contribution is 5.94. The van der Waals surface area contributed by atoms with E-state index in [0.717, 1.165) is 12.1 Å². The van der Waals surface area contributed by atoms with Gasteiger partial charge in [0.1, 0.15) is 6.10 Å². The van der Waals surface area contributed by atoms with Gasteiger partial charge in [0.05, 0.1) is 13.2 Å². The van der Waals surface area contributed by atoms with Crippen molar-refractivity contribution in [2.45, 2.75) is 25.0 Å². The van der Waals surface area contributed by atoms with E-state index in [1.54, 1.807) is 0 Å². The van der Waals surface area contributed by atoms with Crippen molar-refractivity contribution >= 4 is 11.6 Å². The van der Waals surface area contributed by atoms with Crippen LogP contribution in [0.5, 0.6) is 5.75 Å².